The SMILES string of the molecule is CC1=CC[C@@H]2[C@@H](C)[C@H](O)CC[C@@]2(C)[C@@H]1CC=C1C(=O)OCC1O. The molecule has 23 heavy (non-hydrogen) atoms. The van der Waals surface area contributed by atoms with Crippen LogP contribution in [0.4, 0.5) is 0 Å². The molecule has 1 aliphatic heterocycles. The van der Waals surface area contributed by atoms with Gasteiger partial charge in [-0.05, 0) is 55.8 Å². The van der Waals surface area contributed by atoms with Crippen molar-refractivity contribution < 1.29 is 19.7 Å². The van der Waals surface area contributed by atoms with Crippen LogP contribution in [0.15, 0.2) is 23.3 Å². The Morgan fingerprint density at radius 1 is 1.43 bits per heavy atom. The molecule has 0 amide bonds. The topological polar surface area (TPSA) is 66.8 Å². The van der Waals surface area contributed by atoms with Gasteiger partial charge in [0.2, 0.25) is 0 Å². The van der Waals surface area contributed by atoms with Crippen molar-refractivity contribution in [1.29, 1.82) is 0 Å². The molecule has 1 unspecified atom stereocenters. The molecule has 1 saturated carbocycles. The fourth-order valence-corrected chi connectivity index (χ4v) is 5.05. The predicted molar refractivity (Wildman–Crippen MR) is 87.5 cm³/mol. The molecule has 2 fully saturated rings. The van der Waals surface area contributed by atoms with Gasteiger partial charge in [0, 0.05) is 0 Å². The second kappa shape index (κ2) is 6.06. The lowest BCUT2D eigenvalue weighted by molar-refractivity contribution is -0.135. The number of carbonyl (C=O) groups is 1. The molecular weight excluding hydrogens is 292 g/mol. The number of allylic oxidation sites excluding steroid dienone is 3. The van der Waals surface area contributed by atoms with Crippen LogP contribution in [0.5, 0.6) is 0 Å². The maximum absolute atomic E-state index is 11.7. The Morgan fingerprint density at radius 3 is 2.83 bits per heavy atom. The van der Waals surface area contributed by atoms with Crippen LogP contribution >= 0.6 is 0 Å². The van der Waals surface area contributed by atoms with E-state index in [0.717, 1.165) is 25.7 Å². The Bertz CT molecular complexity index is 550. The van der Waals surface area contributed by atoms with Gasteiger partial charge in [0.05, 0.1) is 11.7 Å². The van der Waals surface area contributed by atoms with Crippen LogP contribution in [0.3, 0.4) is 0 Å². The molecule has 0 radical (unpaired) electrons. The fraction of sp³-hybridized carbons (Fsp3) is 0.737. The van der Waals surface area contributed by atoms with E-state index in [1.54, 1.807) is 0 Å². The lowest BCUT2D eigenvalue weighted by Gasteiger charge is -2.54. The summed E-state index contributed by atoms with van der Waals surface area (Å²) in [6, 6.07) is 0. The zero-order chi connectivity index (χ0) is 16.8. The average molecular weight is 320 g/mol. The Hall–Kier alpha value is -1.13. The van der Waals surface area contributed by atoms with E-state index >= 15 is 0 Å². The van der Waals surface area contributed by atoms with E-state index in [4.69, 9.17) is 4.74 Å². The van der Waals surface area contributed by atoms with Gasteiger partial charge >= 0.3 is 5.97 Å². The molecule has 1 saturated heterocycles. The number of ether oxygens (including phenoxy) is 1. The maximum atomic E-state index is 11.7. The van der Waals surface area contributed by atoms with Crippen LogP contribution < -0.4 is 0 Å². The number of hydrogen-bond donors (Lipinski definition) is 2. The second-order valence-electron chi connectivity index (χ2n) is 7.82. The number of rotatable bonds is 2. The molecule has 0 bridgehead atoms. The Kier molecular flexibility index (Phi) is 4.41. The summed E-state index contributed by atoms with van der Waals surface area (Å²) < 4.78 is 4.90. The first-order valence-corrected chi connectivity index (χ1v) is 8.74. The van der Waals surface area contributed by atoms with Crippen molar-refractivity contribution >= 4 is 5.97 Å². The van der Waals surface area contributed by atoms with Crippen LogP contribution in [0.2, 0.25) is 0 Å². The van der Waals surface area contributed by atoms with Gasteiger partial charge in [0.25, 0.3) is 0 Å². The fourth-order valence-electron chi connectivity index (χ4n) is 5.05. The van der Waals surface area contributed by atoms with Crippen molar-refractivity contribution in [3.05, 3.63) is 23.3 Å². The summed E-state index contributed by atoms with van der Waals surface area (Å²) in [7, 11) is 0. The van der Waals surface area contributed by atoms with E-state index in [9.17, 15) is 15.0 Å². The van der Waals surface area contributed by atoms with Crippen molar-refractivity contribution in [3.8, 4) is 0 Å². The minimum atomic E-state index is -0.786. The van der Waals surface area contributed by atoms with E-state index in [0.29, 0.717) is 23.3 Å². The molecular formula is C19H28O4. The van der Waals surface area contributed by atoms with E-state index < -0.39 is 6.10 Å². The number of fused-ring (bicyclic) bond motifs is 1. The molecule has 1 heterocycles. The van der Waals surface area contributed by atoms with E-state index in [1.807, 2.05) is 6.08 Å². The first-order chi connectivity index (χ1) is 10.8. The van der Waals surface area contributed by atoms with Gasteiger partial charge in [-0.2, -0.15) is 0 Å². The lowest BCUT2D eigenvalue weighted by atomic mass is 9.52. The molecule has 3 aliphatic rings. The molecule has 2 N–H and O–H groups in total. The van der Waals surface area contributed by atoms with Crippen molar-refractivity contribution in [1.82, 2.24) is 0 Å². The molecule has 6 atom stereocenters. The standard InChI is InChI=1S/C19H28O4/c1-11-4-6-15-12(2)16(20)8-9-19(15,3)14(11)7-5-13-17(21)10-23-18(13)22/h4-5,12,14-17,20-21H,6-10H2,1-3H3/t12-,14-,15-,16-,17?,19+/m1/s1. The van der Waals surface area contributed by atoms with Crippen LogP contribution in [0.25, 0.3) is 0 Å². The average Bonchev–Trinajstić information content (AvgIpc) is 2.82. The summed E-state index contributed by atoms with van der Waals surface area (Å²) >= 11 is 0. The molecule has 0 aromatic carbocycles. The van der Waals surface area contributed by atoms with Gasteiger partial charge in [-0.25, -0.2) is 4.79 Å². The lowest BCUT2D eigenvalue weighted by Crippen LogP contribution is -2.48. The van der Waals surface area contributed by atoms with Gasteiger partial charge in [0.1, 0.15) is 12.7 Å². The Balaban J connectivity index is 1.85. The number of aliphatic hydroxyl groups excluding tert-OH is 2. The summed E-state index contributed by atoms with van der Waals surface area (Å²) in [6.07, 6.45) is 6.82. The van der Waals surface area contributed by atoms with Crippen molar-refractivity contribution in [3.63, 3.8) is 0 Å². The summed E-state index contributed by atoms with van der Waals surface area (Å²) in [5.74, 6) is 0.738. The van der Waals surface area contributed by atoms with Crippen molar-refractivity contribution in [2.75, 3.05) is 6.61 Å². The zero-order valence-corrected chi connectivity index (χ0v) is 14.3. The van der Waals surface area contributed by atoms with E-state index in [1.165, 1.54) is 5.57 Å². The molecule has 3 rings (SSSR count). The number of esters is 1. The number of hydrogen-bond acceptors (Lipinski definition) is 4. The summed E-state index contributed by atoms with van der Waals surface area (Å²) in [5, 5.41) is 20.1. The third-order valence-electron chi connectivity index (χ3n) is 6.65. The smallest absolute Gasteiger partial charge is 0.336 e. The molecule has 0 spiro atoms. The monoisotopic (exact) mass is 320 g/mol. The van der Waals surface area contributed by atoms with Crippen LogP contribution in [0, 0.1) is 23.2 Å². The summed E-state index contributed by atoms with van der Waals surface area (Å²) in [5.41, 5.74) is 1.92. The Morgan fingerprint density at radius 2 is 2.17 bits per heavy atom. The predicted octanol–water partition coefficient (Wildman–Crippen LogP) is 2.60. The highest BCUT2D eigenvalue weighted by Gasteiger charge is 2.49. The van der Waals surface area contributed by atoms with Gasteiger partial charge < -0.3 is 14.9 Å². The maximum Gasteiger partial charge on any atom is 0.336 e. The van der Waals surface area contributed by atoms with Crippen molar-refractivity contribution in [2.24, 2.45) is 23.2 Å². The van der Waals surface area contributed by atoms with Gasteiger partial charge in [0.15, 0.2) is 0 Å². The third kappa shape index (κ3) is 2.76. The number of carbonyl (C=O) groups excluding carboxylic acids is 1. The van der Waals surface area contributed by atoms with Crippen LogP contribution in [-0.4, -0.2) is 35.0 Å². The van der Waals surface area contributed by atoms with Gasteiger partial charge in [-0.1, -0.05) is 31.6 Å². The molecule has 2 aliphatic carbocycles. The van der Waals surface area contributed by atoms with E-state index in [-0.39, 0.29) is 24.1 Å². The third-order valence-corrected chi connectivity index (χ3v) is 6.65. The van der Waals surface area contributed by atoms with E-state index in [2.05, 4.69) is 26.8 Å². The van der Waals surface area contributed by atoms with Crippen LogP contribution in [-0.2, 0) is 9.53 Å². The summed E-state index contributed by atoms with van der Waals surface area (Å²) in [6.45, 7) is 6.75. The molecule has 4 nitrogen and oxygen atoms in total. The molecule has 128 valence electrons. The molecule has 0 aromatic rings. The van der Waals surface area contributed by atoms with Crippen molar-refractivity contribution in [2.45, 2.75) is 58.7 Å². The summed E-state index contributed by atoms with van der Waals surface area (Å²) in [4.78, 5) is 11.7. The van der Waals surface area contributed by atoms with Crippen LogP contribution in [0.1, 0.15) is 46.5 Å². The second-order valence-corrected chi connectivity index (χ2v) is 7.82. The molecule has 0 aromatic heterocycles. The first-order valence-electron chi connectivity index (χ1n) is 8.74. The quantitative estimate of drug-likeness (QED) is 0.466. The first kappa shape index (κ1) is 16.7. The minimum absolute atomic E-state index is 0.0767. The molecule has 4 heteroatoms. The largest absolute Gasteiger partial charge is 0.459 e. The normalized spacial score (nSPS) is 45.6. The minimum Gasteiger partial charge on any atom is -0.459 e. The zero-order valence-electron chi connectivity index (χ0n) is 14.3. The highest BCUT2D eigenvalue weighted by Crippen LogP contribution is 2.56. The number of cyclic esters (lactones) is 1. The highest BCUT2D eigenvalue weighted by molar-refractivity contribution is 5.91. The van der Waals surface area contributed by atoms with Gasteiger partial charge in [-0.15, -0.1) is 0 Å². The number of aliphatic hydroxyl groups is 2. The van der Waals surface area contributed by atoms with Gasteiger partial charge in [-0.3, -0.25) is 0 Å². The Labute approximate surface area is 138 Å². The highest BCUT2D eigenvalue weighted by atomic mass is 16.6.